The lowest BCUT2D eigenvalue weighted by Gasteiger charge is -2.31. The van der Waals surface area contributed by atoms with Gasteiger partial charge >= 0.3 is 0 Å². The van der Waals surface area contributed by atoms with E-state index in [-0.39, 0.29) is 6.04 Å². The van der Waals surface area contributed by atoms with Crippen LogP contribution in [-0.4, -0.2) is 10.2 Å². The highest BCUT2D eigenvalue weighted by atomic mass is 15.1. The molecular weight excluding hydrogens is 210 g/mol. The first kappa shape index (κ1) is 14.2. The third kappa shape index (κ3) is 4.50. The van der Waals surface area contributed by atoms with Crippen LogP contribution in [0, 0.1) is 11.3 Å². The van der Waals surface area contributed by atoms with Crippen LogP contribution in [-0.2, 0) is 0 Å². The Morgan fingerprint density at radius 3 is 2.47 bits per heavy atom. The van der Waals surface area contributed by atoms with Crippen molar-refractivity contribution in [3.63, 3.8) is 0 Å². The van der Waals surface area contributed by atoms with E-state index >= 15 is 0 Å². The Bertz CT molecular complexity index is 298. The van der Waals surface area contributed by atoms with E-state index in [2.05, 4.69) is 37.9 Å². The Morgan fingerprint density at radius 1 is 1.29 bits per heavy atom. The zero-order valence-corrected chi connectivity index (χ0v) is 11.7. The van der Waals surface area contributed by atoms with Gasteiger partial charge in [0.2, 0.25) is 0 Å². The molecule has 0 aliphatic rings. The summed E-state index contributed by atoms with van der Waals surface area (Å²) in [6.45, 7) is 9.24. The summed E-state index contributed by atoms with van der Waals surface area (Å²) in [5.74, 6) is 0.751. The van der Waals surface area contributed by atoms with Gasteiger partial charge < -0.3 is 5.73 Å². The second-order valence-electron chi connectivity index (χ2n) is 6.05. The summed E-state index contributed by atoms with van der Waals surface area (Å²) >= 11 is 0. The number of H-pyrrole nitrogens is 1. The van der Waals surface area contributed by atoms with E-state index in [0.29, 0.717) is 5.41 Å². The molecule has 0 spiro atoms. The molecule has 0 bridgehead atoms. The lowest BCUT2D eigenvalue weighted by molar-refractivity contribution is 0.202. The Hall–Kier alpha value is -0.830. The first-order valence-corrected chi connectivity index (χ1v) is 6.70. The second-order valence-corrected chi connectivity index (χ2v) is 6.05. The first-order valence-electron chi connectivity index (χ1n) is 6.70. The van der Waals surface area contributed by atoms with Gasteiger partial charge in [-0.15, -0.1) is 0 Å². The first-order chi connectivity index (χ1) is 7.95. The van der Waals surface area contributed by atoms with Crippen LogP contribution in [0.15, 0.2) is 12.3 Å². The summed E-state index contributed by atoms with van der Waals surface area (Å²) in [5, 5.41) is 6.91. The Morgan fingerprint density at radius 2 is 2.00 bits per heavy atom. The van der Waals surface area contributed by atoms with Crippen molar-refractivity contribution in [3.05, 3.63) is 18.0 Å². The monoisotopic (exact) mass is 237 g/mol. The van der Waals surface area contributed by atoms with Gasteiger partial charge in [-0.2, -0.15) is 5.10 Å². The summed E-state index contributed by atoms with van der Waals surface area (Å²) in [5.41, 5.74) is 7.58. The lowest BCUT2D eigenvalue weighted by Crippen LogP contribution is -2.22. The van der Waals surface area contributed by atoms with Crippen molar-refractivity contribution in [2.75, 3.05) is 0 Å². The fraction of sp³-hybridized carbons (Fsp3) is 0.786. The van der Waals surface area contributed by atoms with Gasteiger partial charge in [-0.05, 0) is 30.2 Å². The molecule has 0 aliphatic heterocycles. The van der Waals surface area contributed by atoms with Gasteiger partial charge in [0.25, 0.3) is 0 Å². The number of rotatable bonds is 6. The Balaban J connectivity index is 2.47. The maximum Gasteiger partial charge on any atom is 0.0519 e. The number of nitrogens with two attached hydrogens (primary N) is 1. The van der Waals surface area contributed by atoms with Crippen molar-refractivity contribution in [3.8, 4) is 0 Å². The number of nitrogens with zero attached hydrogens (tertiary/aromatic N) is 1. The third-order valence-electron chi connectivity index (χ3n) is 3.61. The minimum absolute atomic E-state index is 0.0965. The van der Waals surface area contributed by atoms with E-state index < -0.39 is 0 Å². The number of hydrogen-bond acceptors (Lipinski definition) is 2. The quantitative estimate of drug-likeness (QED) is 0.793. The molecular formula is C14H27N3. The van der Waals surface area contributed by atoms with Gasteiger partial charge in [0.1, 0.15) is 0 Å². The molecule has 2 unspecified atom stereocenters. The van der Waals surface area contributed by atoms with E-state index in [9.17, 15) is 0 Å². The smallest absolute Gasteiger partial charge is 0.0519 e. The van der Waals surface area contributed by atoms with E-state index in [1.54, 1.807) is 6.20 Å². The third-order valence-corrected chi connectivity index (χ3v) is 3.61. The fourth-order valence-corrected chi connectivity index (χ4v) is 2.37. The van der Waals surface area contributed by atoms with E-state index in [1.807, 2.05) is 6.07 Å². The molecule has 1 rings (SSSR count). The Labute approximate surface area is 105 Å². The maximum absolute atomic E-state index is 6.16. The molecule has 98 valence electrons. The fourth-order valence-electron chi connectivity index (χ4n) is 2.37. The van der Waals surface area contributed by atoms with Crippen LogP contribution in [0.2, 0.25) is 0 Å². The number of aromatic amines is 1. The van der Waals surface area contributed by atoms with E-state index in [1.165, 1.54) is 19.3 Å². The summed E-state index contributed by atoms with van der Waals surface area (Å²) in [7, 11) is 0. The minimum atomic E-state index is 0.0965. The molecule has 2 atom stereocenters. The molecule has 0 saturated carbocycles. The van der Waals surface area contributed by atoms with Crippen molar-refractivity contribution in [2.24, 2.45) is 17.1 Å². The Kier molecular flexibility index (Phi) is 5.19. The van der Waals surface area contributed by atoms with Crippen molar-refractivity contribution >= 4 is 0 Å². The van der Waals surface area contributed by atoms with Crippen LogP contribution >= 0.6 is 0 Å². The average Bonchev–Trinajstić information content (AvgIpc) is 2.75. The van der Waals surface area contributed by atoms with Gasteiger partial charge in [0, 0.05) is 12.2 Å². The predicted molar refractivity (Wildman–Crippen MR) is 72.6 cm³/mol. The van der Waals surface area contributed by atoms with Crippen LogP contribution in [0.5, 0.6) is 0 Å². The van der Waals surface area contributed by atoms with Gasteiger partial charge in [0.15, 0.2) is 0 Å². The van der Waals surface area contributed by atoms with Gasteiger partial charge in [0.05, 0.1) is 5.69 Å². The van der Waals surface area contributed by atoms with Crippen LogP contribution in [0.1, 0.15) is 65.1 Å². The summed E-state index contributed by atoms with van der Waals surface area (Å²) < 4.78 is 0. The van der Waals surface area contributed by atoms with Gasteiger partial charge in [-0.3, -0.25) is 5.10 Å². The largest absolute Gasteiger partial charge is 0.323 e. The lowest BCUT2D eigenvalue weighted by atomic mass is 9.75. The highest BCUT2D eigenvalue weighted by molar-refractivity contribution is 5.03. The summed E-state index contributed by atoms with van der Waals surface area (Å²) in [6.07, 6.45) is 6.53. The van der Waals surface area contributed by atoms with E-state index in [0.717, 1.165) is 18.0 Å². The molecule has 3 heteroatoms. The van der Waals surface area contributed by atoms with Gasteiger partial charge in [-0.25, -0.2) is 0 Å². The highest BCUT2D eigenvalue weighted by Gasteiger charge is 2.24. The summed E-state index contributed by atoms with van der Waals surface area (Å²) in [6, 6.07) is 2.07. The van der Waals surface area contributed by atoms with Crippen molar-refractivity contribution in [1.29, 1.82) is 0 Å². The zero-order chi connectivity index (χ0) is 12.9. The van der Waals surface area contributed by atoms with Crippen molar-refractivity contribution < 1.29 is 0 Å². The molecule has 3 nitrogen and oxygen atoms in total. The van der Waals surface area contributed by atoms with Crippen LogP contribution in [0.4, 0.5) is 0 Å². The molecule has 1 aromatic rings. The molecule has 1 aromatic heterocycles. The SMILES string of the molecule is CCCC(CCC(N)c1ccn[nH]1)C(C)(C)C. The van der Waals surface area contributed by atoms with Crippen molar-refractivity contribution in [2.45, 2.75) is 59.4 Å². The van der Waals surface area contributed by atoms with Crippen LogP contribution < -0.4 is 5.73 Å². The zero-order valence-electron chi connectivity index (χ0n) is 11.7. The number of hydrogen-bond donors (Lipinski definition) is 2. The minimum Gasteiger partial charge on any atom is -0.323 e. The normalized spacial score (nSPS) is 15.8. The predicted octanol–water partition coefficient (Wildman–Crippen LogP) is 3.65. The molecule has 0 aromatic carbocycles. The number of aromatic nitrogens is 2. The molecule has 3 N–H and O–H groups in total. The van der Waals surface area contributed by atoms with Crippen LogP contribution in [0.3, 0.4) is 0 Å². The highest BCUT2D eigenvalue weighted by Crippen LogP contribution is 2.34. The molecule has 17 heavy (non-hydrogen) atoms. The van der Waals surface area contributed by atoms with Gasteiger partial charge in [-0.1, -0.05) is 40.5 Å². The van der Waals surface area contributed by atoms with Crippen LogP contribution in [0.25, 0.3) is 0 Å². The summed E-state index contributed by atoms with van der Waals surface area (Å²) in [4.78, 5) is 0. The standard InChI is InChI=1S/C14H27N3/c1-5-6-11(14(2,3)4)7-8-12(15)13-9-10-16-17-13/h9-12H,5-8,15H2,1-4H3,(H,16,17). The van der Waals surface area contributed by atoms with Crippen molar-refractivity contribution in [1.82, 2.24) is 10.2 Å². The molecule has 0 amide bonds. The molecule has 0 aliphatic carbocycles. The molecule has 1 heterocycles. The second kappa shape index (κ2) is 6.20. The molecule has 0 radical (unpaired) electrons. The molecule has 0 fully saturated rings. The number of nitrogens with one attached hydrogen (secondary N) is 1. The molecule has 0 saturated heterocycles. The van der Waals surface area contributed by atoms with E-state index in [4.69, 9.17) is 5.73 Å². The maximum atomic E-state index is 6.16. The average molecular weight is 237 g/mol. The topological polar surface area (TPSA) is 54.7 Å².